The lowest BCUT2D eigenvalue weighted by molar-refractivity contribution is -0.131. The van der Waals surface area contributed by atoms with E-state index in [1.165, 1.54) is 5.56 Å². The highest BCUT2D eigenvalue weighted by atomic mass is 35.5. The summed E-state index contributed by atoms with van der Waals surface area (Å²) in [7, 11) is 0. The molecule has 0 aromatic heterocycles. The Hall–Kier alpha value is -2.53. The third-order valence-electron chi connectivity index (χ3n) is 5.32. The van der Waals surface area contributed by atoms with Gasteiger partial charge in [0.25, 0.3) is 0 Å². The highest BCUT2D eigenvalue weighted by molar-refractivity contribution is 6.30. The minimum absolute atomic E-state index is 0.0495. The monoisotopic (exact) mass is 428 g/mol. The molecule has 1 aliphatic rings. The molecule has 0 atom stereocenters. The molecule has 0 radical (unpaired) electrons. The minimum Gasteiger partial charge on any atom is -0.494 e. The van der Waals surface area contributed by atoms with Crippen LogP contribution in [0.1, 0.15) is 36.8 Å². The maximum atomic E-state index is 12.5. The second-order valence-corrected chi connectivity index (χ2v) is 8.23. The summed E-state index contributed by atoms with van der Waals surface area (Å²) in [6.45, 7) is 3.91. The van der Waals surface area contributed by atoms with E-state index >= 15 is 0 Å². The standard InChI is InChI=1S/C24H29ClN2O3/c1-18-4-10-22(11-5-18)30-16-2-3-23(28)26-21-12-14-27(15-13-21)24(29)17-19-6-8-20(25)9-7-19/h4-11,21H,2-3,12-17H2,1H3,(H,26,28). The van der Waals surface area contributed by atoms with Crippen molar-refractivity contribution in [3.05, 3.63) is 64.7 Å². The van der Waals surface area contributed by atoms with E-state index in [9.17, 15) is 9.59 Å². The number of hydrogen-bond acceptors (Lipinski definition) is 3. The van der Waals surface area contributed by atoms with E-state index in [0.717, 1.165) is 24.2 Å². The highest BCUT2D eigenvalue weighted by Gasteiger charge is 2.23. The number of hydrogen-bond donors (Lipinski definition) is 1. The first-order chi connectivity index (χ1) is 14.5. The van der Waals surface area contributed by atoms with Crippen LogP contribution in [0.3, 0.4) is 0 Å². The van der Waals surface area contributed by atoms with Gasteiger partial charge in [0.2, 0.25) is 11.8 Å². The Morgan fingerprint density at radius 2 is 1.73 bits per heavy atom. The fourth-order valence-corrected chi connectivity index (χ4v) is 3.64. The van der Waals surface area contributed by atoms with Gasteiger partial charge < -0.3 is 15.0 Å². The van der Waals surface area contributed by atoms with Crippen LogP contribution >= 0.6 is 11.6 Å². The predicted octanol–water partition coefficient (Wildman–Crippen LogP) is 4.16. The molecule has 1 fully saturated rings. The predicted molar refractivity (Wildman–Crippen MR) is 119 cm³/mol. The van der Waals surface area contributed by atoms with Gasteiger partial charge in [0.1, 0.15) is 5.75 Å². The molecule has 5 nitrogen and oxygen atoms in total. The second-order valence-electron chi connectivity index (χ2n) is 7.79. The van der Waals surface area contributed by atoms with Crippen LogP contribution in [0.25, 0.3) is 0 Å². The lowest BCUT2D eigenvalue weighted by Crippen LogP contribution is -2.47. The molecule has 0 unspecified atom stereocenters. The number of amides is 2. The first-order valence-electron chi connectivity index (χ1n) is 10.5. The van der Waals surface area contributed by atoms with Crippen LogP contribution in [-0.2, 0) is 16.0 Å². The van der Waals surface area contributed by atoms with Crippen molar-refractivity contribution >= 4 is 23.4 Å². The van der Waals surface area contributed by atoms with Gasteiger partial charge in [-0.25, -0.2) is 0 Å². The van der Waals surface area contributed by atoms with Gasteiger partial charge in [-0.05, 0) is 56.0 Å². The lowest BCUT2D eigenvalue weighted by atomic mass is 10.0. The summed E-state index contributed by atoms with van der Waals surface area (Å²) in [5.41, 5.74) is 2.16. The largest absolute Gasteiger partial charge is 0.494 e. The van der Waals surface area contributed by atoms with Gasteiger partial charge in [0.15, 0.2) is 0 Å². The number of halogens is 1. The Kier molecular flexibility index (Phi) is 8.14. The molecule has 0 bridgehead atoms. The van der Waals surface area contributed by atoms with Crippen molar-refractivity contribution in [2.75, 3.05) is 19.7 Å². The molecule has 6 heteroatoms. The van der Waals surface area contributed by atoms with Crippen LogP contribution in [0, 0.1) is 6.92 Å². The zero-order valence-corrected chi connectivity index (χ0v) is 18.2. The molecule has 1 heterocycles. The Morgan fingerprint density at radius 3 is 2.40 bits per heavy atom. The van der Waals surface area contributed by atoms with Crippen molar-refractivity contribution in [3.8, 4) is 5.75 Å². The molecule has 0 aliphatic carbocycles. The topological polar surface area (TPSA) is 58.6 Å². The number of carbonyl (C=O) groups is 2. The van der Waals surface area contributed by atoms with Crippen molar-refractivity contribution in [1.29, 1.82) is 0 Å². The van der Waals surface area contributed by atoms with E-state index in [4.69, 9.17) is 16.3 Å². The van der Waals surface area contributed by atoms with Crippen LogP contribution in [-0.4, -0.2) is 42.5 Å². The summed E-state index contributed by atoms with van der Waals surface area (Å²) >= 11 is 5.89. The summed E-state index contributed by atoms with van der Waals surface area (Å²) in [6.07, 6.45) is 3.09. The molecule has 2 amide bonds. The van der Waals surface area contributed by atoms with Crippen LogP contribution in [0.15, 0.2) is 48.5 Å². The average molecular weight is 429 g/mol. The number of likely N-dealkylation sites (tertiary alicyclic amines) is 1. The first kappa shape index (κ1) is 22.2. The molecule has 0 spiro atoms. The molecule has 1 aliphatic heterocycles. The van der Waals surface area contributed by atoms with Gasteiger partial charge in [-0.3, -0.25) is 9.59 Å². The third-order valence-corrected chi connectivity index (χ3v) is 5.57. The van der Waals surface area contributed by atoms with E-state index in [-0.39, 0.29) is 17.9 Å². The zero-order valence-electron chi connectivity index (χ0n) is 17.4. The molecule has 1 N–H and O–H groups in total. The summed E-state index contributed by atoms with van der Waals surface area (Å²) < 4.78 is 5.67. The molecule has 160 valence electrons. The van der Waals surface area contributed by atoms with Crippen molar-refractivity contribution in [2.24, 2.45) is 0 Å². The van der Waals surface area contributed by atoms with Gasteiger partial charge in [-0.1, -0.05) is 41.4 Å². The summed E-state index contributed by atoms with van der Waals surface area (Å²) in [4.78, 5) is 26.6. The Bertz CT molecular complexity index is 829. The number of aryl methyl sites for hydroxylation is 1. The lowest BCUT2D eigenvalue weighted by Gasteiger charge is -2.32. The van der Waals surface area contributed by atoms with E-state index in [1.54, 1.807) is 12.1 Å². The summed E-state index contributed by atoms with van der Waals surface area (Å²) in [6, 6.07) is 15.4. The van der Waals surface area contributed by atoms with Gasteiger partial charge in [0.05, 0.1) is 13.0 Å². The average Bonchev–Trinajstić information content (AvgIpc) is 2.74. The quantitative estimate of drug-likeness (QED) is 0.642. The second kappa shape index (κ2) is 11.0. The van der Waals surface area contributed by atoms with Crippen LogP contribution < -0.4 is 10.1 Å². The van der Waals surface area contributed by atoms with Gasteiger partial charge >= 0.3 is 0 Å². The SMILES string of the molecule is Cc1ccc(OCCCC(=O)NC2CCN(C(=O)Cc3ccc(Cl)cc3)CC2)cc1. The molecular formula is C24H29ClN2O3. The first-order valence-corrected chi connectivity index (χ1v) is 10.9. The zero-order chi connectivity index (χ0) is 21.3. The molecule has 0 saturated carbocycles. The molecule has 3 rings (SSSR count). The van der Waals surface area contributed by atoms with Crippen molar-refractivity contribution in [3.63, 3.8) is 0 Å². The smallest absolute Gasteiger partial charge is 0.226 e. The third kappa shape index (κ3) is 7.06. The normalized spacial score (nSPS) is 14.4. The van der Waals surface area contributed by atoms with Gasteiger partial charge in [-0.15, -0.1) is 0 Å². The van der Waals surface area contributed by atoms with Crippen molar-refractivity contribution in [1.82, 2.24) is 10.2 Å². The number of ether oxygens (including phenoxy) is 1. The summed E-state index contributed by atoms with van der Waals surface area (Å²) in [5.74, 6) is 1.00. The molecule has 1 saturated heterocycles. The molecular weight excluding hydrogens is 400 g/mol. The summed E-state index contributed by atoms with van der Waals surface area (Å²) in [5, 5.41) is 3.76. The maximum absolute atomic E-state index is 12.5. The fourth-order valence-electron chi connectivity index (χ4n) is 3.52. The molecule has 2 aromatic rings. The van der Waals surface area contributed by atoms with Crippen LogP contribution in [0.4, 0.5) is 0 Å². The van der Waals surface area contributed by atoms with Crippen molar-refractivity contribution in [2.45, 2.75) is 45.1 Å². The number of benzene rings is 2. The molecule has 2 aromatic carbocycles. The maximum Gasteiger partial charge on any atom is 0.226 e. The minimum atomic E-state index is 0.0495. The van der Waals surface area contributed by atoms with E-state index in [2.05, 4.69) is 5.32 Å². The van der Waals surface area contributed by atoms with E-state index < -0.39 is 0 Å². The number of nitrogens with one attached hydrogen (secondary N) is 1. The number of carbonyl (C=O) groups excluding carboxylic acids is 2. The van der Waals surface area contributed by atoms with Crippen molar-refractivity contribution < 1.29 is 14.3 Å². The van der Waals surface area contributed by atoms with E-state index in [1.807, 2.05) is 48.2 Å². The fraction of sp³-hybridized carbons (Fsp3) is 0.417. The van der Waals surface area contributed by atoms with E-state index in [0.29, 0.717) is 44.0 Å². The number of piperidine rings is 1. The molecule has 30 heavy (non-hydrogen) atoms. The number of nitrogens with zero attached hydrogens (tertiary/aromatic N) is 1. The van der Waals surface area contributed by atoms with Crippen LogP contribution in [0.5, 0.6) is 5.75 Å². The van der Waals surface area contributed by atoms with Gasteiger partial charge in [0, 0.05) is 30.6 Å². The van der Waals surface area contributed by atoms with Gasteiger partial charge in [-0.2, -0.15) is 0 Å². The Balaban J connectivity index is 1.30. The van der Waals surface area contributed by atoms with Crippen LogP contribution in [0.2, 0.25) is 5.02 Å². The number of rotatable bonds is 8. The highest BCUT2D eigenvalue weighted by Crippen LogP contribution is 2.15. The Morgan fingerprint density at radius 1 is 1.07 bits per heavy atom. The Labute approximate surface area is 183 Å².